The van der Waals surface area contributed by atoms with Crippen molar-refractivity contribution in [3.05, 3.63) is 12.2 Å². The lowest BCUT2D eigenvalue weighted by atomic mass is 10.4. The molecule has 0 aliphatic carbocycles. The summed E-state index contributed by atoms with van der Waals surface area (Å²) in [6, 6.07) is 0. The smallest absolute Gasteiger partial charge is 0.279 e. The highest BCUT2D eigenvalue weighted by Gasteiger charge is 2.03. The van der Waals surface area contributed by atoms with E-state index in [1.807, 2.05) is 32.9 Å². The van der Waals surface area contributed by atoms with E-state index in [1.165, 1.54) is 11.8 Å². The predicted molar refractivity (Wildman–Crippen MR) is 50.9 cm³/mol. The molecule has 0 rings (SSSR count). The topological polar surface area (TPSA) is 29.1 Å². The van der Waals surface area contributed by atoms with Crippen LogP contribution in [0.5, 0.6) is 0 Å². The standard InChI is InChI=1S/C8H15NOS/c1-4-6-7(3)11-8(10)9-5-2/h4,6-7H,5H2,1-3H3,(H,9,10)/b6-4+. The molecule has 11 heavy (non-hydrogen) atoms. The summed E-state index contributed by atoms with van der Waals surface area (Å²) in [5.41, 5.74) is 0. The number of rotatable bonds is 3. The number of carbonyl (C=O) groups is 1. The monoisotopic (exact) mass is 173 g/mol. The molecule has 0 saturated carbocycles. The molecule has 0 bridgehead atoms. The Kier molecular flexibility index (Phi) is 6.03. The zero-order chi connectivity index (χ0) is 8.69. The van der Waals surface area contributed by atoms with Gasteiger partial charge < -0.3 is 5.32 Å². The Morgan fingerprint density at radius 1 is 1.73 bits per heavy atom. The van der Waals surface area contributed by atoms with Crippen molar-refractivity contribution in [2.24, 2.45) is 0 Å². The fourth-order valence-electron chi connectivity index (χ4n) is 0.665. The maximum Gasteiger partial charge on any atom is 0.279 e. The van der Waals surface area contributed by atoms with Crippen LogP contribution in [0.1, 0.15) is 20.8 Å². The van der Waals surface area contributed by atoms with Crippen molar-refractivity contribution in [1.82, 2.24) is 5.32 Å². The molecule has 0 heterocycles. The van der Waals surface area contributed by atoms with Crippen LogP contribution in [0.15, 0.2) is 12.2 Å². The third-order valence-corrected chi connectivity index (χ3v) is 1.96. The molecule has 3 heteroatoms. The van der Waals surface area contributed by atoms with Crippen molar-refractivity contribution in [2.45, 2.75) is 26.0 Å². The highest BCUT2D eigenvalue weighted by molar-refractivity contribution is 8.14. The molecule has 0 aliphatic heterocycles. The lowest BCUT2D eigenvalue weighted by Gasteiger charge is -2.04. The summed E-state index contributed by atoms with van der Waals surface area (Å²) < 4.78 is 0. The number of carbonyl (C=O) groups excluding carboxylic acids is 1. The van der Waals surface area contributed by atoms with Crippen molar-refractivity contribution >= 4 is 17.0 Å². The van der Waals surface area contributed by atoms with Gasteiger partial charge in [-0.1, -0.05) is 23.9 Å². The first-order valence-electron chi connectivity index (χ1n) is 3.78. The number of allylic oxidation sites excluding steroid dienone is 1. The van der Waals surface area contributed by atoms with Crippen LogP contribution in [-0.4, -0.2) is 17.0 Å². The molecule has 0 spiro atoms. The van der Waals surface area contributed by atoms with E-state index in [-0.39, 0.29) is 10.5 Å². The molecule has 2 nitrogen and oxygen atoms in total. The summed E-state index contributed by atoms with van der Waals surface area (Å²) in [6.07, 6.45) is 3.96. The van der Waals surface area contributed by atoms with Gasteiger partial charge in [0.05, 0.1) is 0 Å². The summed E-state index contributed by atoms with van der Waals surface area (Å²) in [7, 11) is 0. The molecule has 0 radical (unpaired) electrons. The number of thioether (sulfide) groups is 1. The molecule has 64 valence electrons. The van der Waals surface area contributed by atoms with Crippen LogP contribution in [0.25, 0.3) is 0 Å². The molecule has 0 aromatic rings. The summed E-state index contributed by atoms with van der Waals surface area (Å²) in [6.45, 7) is 6.57. The van der Waals surface area contributed by atoms with E-state index in [0.717, 1.165) is 0 Å². The number of hydrogen-bond acceptors (Lipinski definition) is 2. The van der Waals surface area contributed by atoms with Gasteiger partial charge in [-0.25, -0.2) is 0 Å². The fraction of sp³-hybridized carbons (Fsp3) is 0.625. The Morgan fingerprint density at radius 2 is 2.36 bits per heavy atom. The van der Waals surface area contributed by atoms with Crippen molar-refractivity contribution in [3.63, 3.8) is 0 Å². The third-order valence-electron chi connectivity index (χ3n) is 1.08. The second-order valence-corrected chi connectivity index (χ2v) is 3.52. The van der Waals surface area contributed by atoms with Crippen molar-refractivity contribution in [1.29, 1.82) is 0 Å². The molecular weight excluding hydrogens is 158 g/mol. The van der Waals surface area contributed by atoms with Crippen molar-refractivity contribution in [3.8, 4) is 0 Å². The van der Waals surface area contributed by atoms with E-state index in [2.05, 4.69) is 5.32 Å². The molecule has 1 unspecified atom stereocenters. The lowest BCUT2D eigenvalue weighted by molar-refractivity contribution is 0.261. The third kappa shape index (κ3) is 5.98. The van der Waals surface area contributed by atoms with Gasteiger partial charge in [-0.15, -0.1) is 0 Å². The van der Waals surface area contributed by atoms with E-state index >= 15 is 0 Å². The van der Waals surface area contributed by atoms with Gasteiger partial charge in [0.1, 0.15) is 0 Å². The fourth-order valence-corrected chi connectivity index (χ4v) is 1.47. The minimum atomic E-state index is 0.0538. The number of amides is 1. The first-order valence-corrected chi connectivity index (χ1v) is 4.66. The van der Waals surface area contributed by atoms with E-state index in [9.17, 15) is 4.79 Å². The molecule has 0 aromatic heterocycles. The van der Waals surface area contributed by atoms with Gasteiger partial charge in [0, 0.05) is 11.8 Å². The van der Waals surface area contributed by atoms with Crippen LogP contribution in [-0.2, 0) is 0 Å². The minimum absolute atomic E-state index is 0.0538. The predicted octanol–water partition coefficient (Wildman–Crippen LogP) is 2.41. The maximum absolute atomic E-state index is 10.9. The first-order chi connectivity index (χ1) is 5.20. The molecular formula is C8H15NOS. The van der Waals surface area contributed by atoms with Crippen LogP contribution in [0, 0.1) is 0 Å². The molecule has 0 saturated heterocycles. The Bertz CT molecular complexity index is 145. The van der Waals surface area contributed by atoms with Gasteiger partial charge in [0.2, 0.25) is 0 Å². The number of nitrogens with one attached hydrogen (secondary N) is 1. The van der Waals surface area contributed by atoms with Gasteiger partial charge in [-0.05, 0) is 20.8 Å². The van der Waals surface area contributed by atoms with Gasteiger partial charge in [0.15, 0.2) is 0 Å². The molecule has 0 fully saturated rings. The summed E-state index contributed by atoms with van der Waals surface area (Å²) in [4.78, 5) is 10.9. The van der Waals surface area contributed by atoms with E-state index in [1.54, 1.807) is 0 Å². The molecule has 0 aliphatic rings. The van der Waals surface area contributed by atoms with Gasteiger partial charge in [0.25, 0.3) is 5.24 Å². The Morgan fingerprint density at radius 3 is 2.82 bits per heavy atom. The molecule has 1 N–H and O–H groups in total. The summed E-state index contributed by atoms with van der Waals surface area (Å²) in [5.74, 6) is 0. The zero-order valence-electron chi connectivity index (χ0n) is 7.26. The molecule has 1 atom stereocenters. The van der Waals surface area contributed by atoms with Crippen LogP contribution in [0.4, 0.5) is 4.79 Å². The van der Waals surface area contributed by atoms with E-state index in [4.69, 9.17) is 0 Å². The first kappa shape index (κ1) is 10.6. The quantitative estimate of drug-likeness (QED) is 0.664. The Balaban J connectivity index is 3.57. The number of hydrogen-bond donors (Lipinski definition) is 1. The van der Waals surface area contributed by atoms with Crippen LogP contribution in [0.2, 0.25) is 0 Å². The van der Waals surface area contributed by atoms with Crippen molar-refractivity contribution < 1.29 is 4.79 Å². The van der Waals surface area contributed by atoms with E-state index in [0.29, 0.717) is 6.54 Å². The minimum Gasteiger partial charge on any atom is -0.347 e. The van der Waals surface area contributed by atoms with Crippen LogP contribution in [0.3, 0.4) is 0 Å². The Labute approximate surface area is 72.4 Å². The van der Waals surface area contributed by atoms with Gasteiger partial charge in [-0.2, -0.15) is 0 Å². The highest BCUT2D eigenvalue weighted by atomic mass is 32.2. The largest absolute Gasteiger partial charge is 0.347 e. The zero-order valence-corrected chi connectivity index (χ0v) is 8.07. The second kappa shape index (κ2) is 6.28. The summed E-state index contributed by atoms with van der Waals surface area (Å²) in [5, 5.41) is 3.05. The van der Waals surface area contributed by atoms with Crippen LogP contribution < -0.4 is 5.32 Å². The average Bonchev–Trinajstić information content (AvgIpc) is 1.87. The lowest BCUT2D eigenvalue weighted by Crippen LogP contribution is -2.19. The second-order valence-electron chi connectivity index (χ2n) is 2.17. The average molecular weight is 173 g/mol. The molecule has 0 aromatic carbocycles. The molecule has 1 amide bonds. The van der Waals surface area contributed by atoms with Gasteiger partial charge in [-0.3, -0.25) is 4.79 Å². The Hall–Kier alpha value is -0.440. The SMILES string of the molecule is C/C=C/C(C)SC(=O)NCC. The van der Waals surface area contributed by atoms with Gasteiger partial charge >= 0.3 is 0 Å². The summed E-state index contributed by atoms with van der Waals surface area (Å²) >= 11 is 1.31. The van der Waals surface area contributed by atoms with Crippen LogP contribution >= 0.6 is 11.8 Å². The van der Waals surface area contributed by atoms with E-state index < -0.39 is 0 Å². The highest BCUT2D eigenvalue weighted by Crippen LogP contribution is 2.11. The normalized spacial score (nSPS) is 13.4. The maximum atomic E-state index is 10.9. The van der Waals surface area contributed by atoms with Crippen molar-refractivity contribution in [2.75, 3.05) is 6.54 Å².